The summed E-state index contributed by atoms with van der Waals surface area (Å²) in [5.41, 5.74) is 1.21. The Hall–Kier alpha value is -0.570. The molecule has 2 heterocycles. The van der Waals surface area contributed by atoms with Gasteiger partial charge in [-0.3, -0.25) is 9.69 Å². The summed E-state index contributed by atoms with van der Waals surface area (Å²) in [6, 6.07) is 6.79. The van der Waals surface area contributed by atoms with E-state index in [4.69, 9.17) is 23.2 Å². The molecule has 2 fully saturated rings. The maximum Gasteiger partial charge on any atom is 0.136 e. The molecule has 1 aromatic rings. The van der Waals surface area contributed by atoms with E-state index in [1.165, 1.54) is 18.4 Å². The van der Waals surface area contributed by atoms with E-state index in [1.807, 2.05) is 18.2 Å². The zero-order valence-electron chi connectivity index (χ0n) is 10.7. The first-order valence-electron chi connectivity index (χ1n) is 6.85. The lowest BCUT2D eigenvalue weighted by Gasteiger charge is -2.33. The van der Waals surface area contributed by atoms with E-state index in [1.54, 1.807) is 0 Å². The molecule has 2 saturated heterocycles. The van der Waals surface area contributed by atoms with Crippen molar-refractivity contribution in [3.63, 3.8) is 0 Å². The molecule has 1 aromatic carbocycles. The van der Waals surface area contributed by atoms with Gasteiger partial charge in [0, 0.05) is 31.5 Å². The van der Waals surface area contributed by atoms with Crippen molar-refractivity contribution in [3.8, 4) is 0 Å². The highest BCUT2D eigenvalue weighted by molar-refractivity contribution is 6.42. The van der Waals surface area contributed by atoms with Gasteiger partial charge in [-0.2, -0.15) is 0 Å². The number of rotatable bonds is 3. The summed E-state index contributed by atoms with van der Waals surface area (Å²) in [6.07, 6.45) is 4.82. The molecule has 2 unspecified atom stereocenters. The molecule has 4 heteroatoms. The van der Waals surface area contributed by atoms with Crippen LogP contribution in [0, 0.1) is 0 Å². The molecule has 0 radical (unpaired) electrons. The molecule has 19 heavy (non-hydrogen) atoms. The van der Waals surface area contributed by atoms with Crippen LogP contribution in [0.1, 0.15) is 31.2 Å². The first-order chi connectivity index (χ1) is 9.13. The van der Waals surface area contributed by atoms with Gasteiger partial charge in [-0.1, -0.05) is 29.3 Å². The van der Waals surface area contributed by atoms with E-state index in [2.05, 4.69) is 4.90 Å². The summed E-state index contributed by atoms with van der Waals surface area (Å²) in [5.74, 6) is 0.443. The SMILES string of the molecule is O=C1CC2CCC(C1)N2CCc1ccc(Cl)c(Cl)c1. The summed E-state index contributed by atoms with van der Waals surface area (Å²) in [7, 11) is 0. The summed E-state index contributed by atoms with van der Waals surface area (Å²) in [6.45, 7) is 1.01. The zero-order chi connectivity index (χ0) is 13.4. The van der Waals surface area contributed by atoms with Crippen molar-refractivity contribution >= 4 is 29.0 Å². The molecule has 0 saturated carbocycles. The van der Waals surface area contributed by atoms with Crippen LogP contribution in [0.4, 0.5) is 0 Å². The van der Waals surface area contributed by atoms with Crippen LogP contribution in [0.5, 0.6) is 0 Å². The van der Waals surface area contributed by atoms with Crippen LogP contribution in [0.3, 0.4) is 0 Å². The third-order valence-corrected chi connectivity index (χ3v) is 5.08. The second-order valence-electron chi connectivity index (χ2n) is 5.57. The van der Waals surface area contributed by atoms with E-state index in [0.717, 1.165) is 25.8 Å². The molecule has 2 aliphatic rings. The number of benzene rings is 1. The number of hydrogen-bond donors (Lipinski definition) is 0. The van der Waals surface area contributed by atoms with Crippen LogP contribution < -0.4 is 0 Å². The van der Waals surface area contributed by atoms with E-state index >= 15 is 0 Å². The quantitative estimate of drug-likeness (QED) is 0.847. The Balaban J connectivity index is 1.63. The monoisotopic (exact) mass is 297 g/mol. The first kappa shape index (κ1) is 13.4. The number of carbonyl (C=O) groups excluding carboxylic acids is 1. The fourth-order valence-electron chi connectivity index (χ4n) is 3.38. The predicted octanol–water partition coefficient (Wildman–Crippen LogP) is 3.73. The van der Waals surface area contributed by atoms with Gasteiger partial charge >= 0.3 is 0 Å². The van der Waals surface area contributed by atoms with Gasteiger partial charge in [-0.15, -0.1) is 0 Å². The smallest absolute Gasteiger partial charge is 0.136 e. The zero-order valence-corrected chi connectivity index (χ0v) is 12.3. The minimum Gasteiger partial charge on any atom is -0.300 e. The fourth-order valence-corrected chi connectivity index (χ4v) is 3.70. The van der Waals surface area contributed by atoms with Crippen LogP contribution in [-0.4, -0.2) is 29.3 Å². The maximum atomic E-state index is 11.6. The van der Waals surface area contributed by atoms with Gasteiger partial charge in [-0.25, -0.2) is 0 Å². The predicted molar refractivity (Wildman–Crippen MR) is 77.9 cm³/mol. The number of piperidine rings is 1. The van der Waals surface area contributed by atoms with Crippen molar-refractivity contribution in [3.05, 3.63) is 33.8 Å². The van der Waals surface area contributed by atoms with Crippen LogP contribution in [-0.2, 0) is 11.2 Å². The average molecular weight is 298 g/mol. The average Bonchev–Trinajstić information content (AvgIpc) is 2.62. The van der Waals surface area contributed by atoms with Crippen molar-refractivity contribution in [2.75, 3.05) is 6.54 Å². The minimum absolute atomic E-state index is 0.443. The number of nitrogens with zero attached hydrogens (tertiary/aromatic N) is 1. The van der Waals surface area contributed by atoms with Gasteiger partial charge in [0.25, 0.3) is 0 Å². The van der Waals surface area contributed by atoms with Gasteiger partial charge in [0.1, 0.15) is 5.78 Å². The van der Waals surface area contributed by atoms with Gasteiger partial charge in [0.15, 0.2) is 0 Å². The molecule has 2 bridgehead atoms. The van der Waals surface area contributed by atoms with Gasteiger partial charge in [0.2, 0.25) is 0 Å². The van der Waals surface area contributed by atoms with E-state index in [0.29, 0.717) is 27.9 Å². The Kier molecular flexibility index (Phi) is 3.84. The fraction of sp³-hybridized carbons (Fsp3) is 0.533. The van der Waals surface area contributed by atoms with E-state index in [-0.39, 0.29) is 0 Å². The van der Waals surface area contributed by atoms with Crippen molar-refractivity contribution in [2.45, 2.75) is 44.2 Å². The Morgan fingerprint density at radius 3 is 2.42 bits per heavy atom. The van der Waals surface area contributed by atoms with Crippen molar-refractivity contribution < 1.29 is 4.79 Å². The van der Waals surface area contributed by atoms with Crippen LogP contribution in [0.2, 0.25) is 10.0 Å². The Bertz CT molecular complexity index is 487. The molecular formula is C15H17Cl2NO. The standard InChI is InChI=1S/C15H17Cl2NO/c16-14-4-1-10(7-15(14)17)5-6-18-11-2-3-12(18)9-13(19)8-11/h1,4,7,11-12H,2-3,5-6,8-9H2. The van der Waals surface area contributed by atoms with E-state index in [9.17, 15) is 4.79 Å². The van der Waals surface area contributed by atoms with Crippen molar-refractivity contribution in [1.82, 2.24) is 4.90 Å². The molecule has 3 rings (SSSR count). The van der Waals surface area contributed by atoms with Crippen LogP contribution in [0.25, 0.3) is 0 Å². The molecule has 2 atom stereocenters. The normalized spacial score (nSPS) is 26.9. The lowest BCUT2D eigenvalue weighted by Crippen LogP contribution is -2.44. The molecule has 2 aliphatic heterocycles. The number of Topliss-reactive ketones (excluding diaryl/α,β-unsaturated/α-hetero) is 1. The molecule has 0 aromatic heterocycles. The molecule has 2 nitrogen and oxygen atoms in total. The molecular weight excluding hydrogens is 281 g/mol. The number of fused-ring (bicyclic) bond motifs is 2. The Morgan fingerprint density at radius 1 is 1.11 bits per heavy atom. The van der Waals surface area contributed by atoms with Crippen molar-refractivity contribution in [2.24, 2.45) is 0 Å². The number of ketones is 1. The molecule has 0 spiro atoms. The summed E-state index contributed by atoms with van der Waals surface area (Å²) in [5, 5.41) is 1.23. The highest BCUT2D eigenvalue weighted by Gasteiger charge is 2.39. The lowest BCUT2D eigenvalue weighted by molar-refractivity contribution is -0.123. The maximum absolute atomic E-state index is 11.6. The third kappa shape index (κ3) is 2.81. The number of halogens is 2. The molecule has 0 amide bonds. The summed E-state index contributed by atoms with van der Waals surface area (Å²) < 4.78 is 0. The van der Waals surface area contributed by atoms with Crippen LogP contribution in [0.15, 0.2) is 18.2 Å². The number of hydrogen-bond acceptors (Lipinski definition) is 2. The van der Waals surface area contributed by atoms with E-state index < -0.39 is 0 Å². The highest BCUT2D eigenvalue weighted by atomic mass is 35.5. The third-order valence-electron chi connectivity index (χ3n) is 4.34. The van der Waals surface area contributed by atoms with Gasteiger partial charge < -0.3 is 0 Å². The summed E-state index contributed by atoms with van der Waals surface area (Å²) in [4.78, 5) is 14.1. The molecule has 0 N–H and O–H groups in total. The summed E-state index contributed by atoms with van der Waals surface area (Å²) >= 11 is 12.0. The number of carbonyl (C=O) groups is 1. The van der Waals surface area contributed by atoms with Gasteiger partial charge in [-0.05, 0) is 37.0 Å². The van der Waals surface area contributed by atoms with Gasteiger partial charge in [0.05, 0.1) is 10.0 Å². The molecule has 102 valence electrons. The Labute approximate surface area is 123 Å². The Morgan fingerprint density at radius 2 is 1.79 bits per heavy atom. The molecule has 0 aliphatic carbocycles. The van der Waals surface area contributed by atoms with Crippen molar-refractivity contribution in [1.29, 1.82) is 0 Å². The second-order valence-corrected chi connectivity index (χ2v) is 6.38. The topological polar surface area (TPSA) is 20.3 Å². The first-order valence-corrected chi connectivity index (χ1v) is 7.60. The lowest BCUT2D eigenvalue weighted by atomic mass is 10.0. The van der Waals surface area contributed by atoms with Crippen LogP contribution >= 0.6 is 23.2 Å². The second kappa shape index (κ2) is 5.43. The largest absolute Gasteiger partial charge is 0.300 e. The highest BCUT2D eigenvalue weighted by Crippen LogP contribution is 2.34. The minimum atomic E-state index is 0.443.